The van der Waals surface area contributed by atoms with Crippen molar-refractivity contribution in [1.82, 2.24) is 4.90 Å². The van der Waals surface area contributed by atoms with E-state index in [0.717, 1.165) is 0 Å². The fraction of sp³-hybridized carbons (Fsp3) is 0.778. The van der Waals surface area contributed by atoms with E-state index in [1.54, 1.807) is 0 Å². The van der Waals surface area contributed by atoms with Gasteiger partial charge in [-0.2, -0.15) is 13.2 Å². The predicted molar refractivity (Wildman–Crippen MR) is 53.2 cm³/mol. The Morgan fingerprint density at radius 3 is 2.12 bits per heavy atom. The maximum atomic E-state index is 12.2. The molecule has 1 unspecified atom stereocenters. The predicted octanol–water partition coefficient (Wildman–Crippen LogP) is 0.589. The highest BCUT2D eigenvalue weighted by Gasteiger charge is 2.38. The number of nitrogens with two attached hydrogens (primary N) is 1. The van der Waals surface area contributed by atoms with Crippen molar-refractivity contribution in [3.63, 3.8) is 0 Å². The maximum Gasteiger partial charge on any atom is 0.406 e. The largest absolute Gasteiger partial charge is 0.480 e. The Labute approximate surface area is 96.4 Å². The molecule has 0 rings (SSSR count). The summed E-state index contributed by atoms with van der Waals surface area (Å²) in [6, 6.07) is 0. The van der Waals surface area contributed by atoms with Gasteiger partial charge >= 0.3 is 12.1 Å². The van der Waals surface area contributed by atoms with Gasteiger partial charge in [-0.1, -0.05) is 6.92 Å². The SMILES string of the molecule is CCC(C)(N)C(=O)N(CC(=O)O)CC(F)(F)F. The zero-order valence-corrected chi connectivity index (χ0v) is 9.54. The van der Waals surface area contributed by atoms with Crippen molar-refractivity contribution in [2.24, 2.45) is 5.73 Å². The van der Waals surface area contributed by atoms with Gasteiger partial charge in [-0.05, 0) is 13.3 Å². The van der Waals surface area contributed by atoms with E-state index in [0.29, 0.717) is 0 Å². The van der Waals surface area contributed by atoms with E-state index in [1.165, 1.54) is 13.8 Å². The Balaban J connectivity index is 4.93. The number of aliphatic carboxylic acids is 1. The molecule has 0 heterocycles. The molecule has 0 fully saturated rings. The van der Waals surface area contributed by atoms with Crippen molar-refractivity contribution in [2.75, 3.05) is 13.1 Å². The van der Waals surface area contributed by atoms with Crippen LogP contribution in [0.3, 0.4) is 0 Å². The molecular formula is C9H15F3N2O3. The molecule has 0 saturated heterocycles. The van der Waals surface area contributed by atoms with Crippen LogP contribution in [-0.2, 0) is 9.59 Å². The van der Waals surface area contributed by atoms with E-state index in [2.05, 4.69) is 0 Å². The molecule has 0 radical (unpaired) electrons. The third-order valence-corrected chi connectivity index (χ3v) is 2.21. The van der Waals surface area contributed by atoms with Crippen molar-refractivity contribution in [2.45, 2.75) is 32.0 Å². The number of rotatable bonds is 5. The molecule has 0 aliphatic rings. The van der Waals surface area contributed by atoms with Gasteiger partial charge in [0.1, 0.15) is 13.1 Å². The second-order valence-electron chi connectivity index (χ2n) is 3.94. The summed E-state index contributed by atoms with van der Waals surface area (Å²) in [7, 11) is 0. The summed E-state index contributed by atoms with van der Waals surface area (Å²) in [6.07, 6.45) is -4.55. The Hall–Kier alpha value is -1.31. The molecule has 1 amide bonds. The fourth-order valence-corrected chi connectivity index (χ4v) is 1.09. The van der Waals surface area contributed by atoms with Gasteiger partial charge in [0.15, 0.2) is 0 Å². The molecular weight excluding hydrogens is 241 g/mol. The lowest BCUT2D eigenvalue weighted by Crippen LogP contribution is -2.55. The van der Waals surface area contributed by atoms with E-state index in [1.807, 2.05) is 0 Å². The number of amides is 1. The number of alkyl halides is 3. The van der Waals surface area contributed by atoms with E-state index in [4.69, 9.17) is 10.8 Å². The average Bonchev–Trinajstić information content (AvgIpc) is 2.12. The lowest BCUT2D eigenvalue weighted by molar-refractivity contribution is -0.168. The molecule has 0 bridgehead atoms. The average molecular weight is 256 g/mol. The van der Waals surface area contributed by atoms with Gasteiger partial charge in [0.25, 0.3) is 0 Å². The molecule has 5 nitrogen and oxygen atoms in total. The highest BCUT2D eigenvalue weighted by molar-refractivity contribution is 5.88. The zero-order valence-electron chi connectivity index (χ0n) is 9.54. The monoisotopic (exact) mass is 256 g/mol. The van der Waals surface area contributed by atoms with E-state index >= 15 is 0 Å². The summed E-state index contributed by atoms with van der Waals surface area (Å²) in [5, 5.41) is 8.47. The molecule has 1 atom stereocenters. The molecule has 3 N–H and O–H groups in total. The lowest BCUT2D eigenvalue weighted by atomic mass is 9.98. The van der Waals surface area contributed by atoms with Crippen LogP contribution in [-0.4, -0.2) is 46.7 Å². The number of halogens is 3. The van der Waals surface area contributed by atoms with Crippen molar-refractivity contribution in [3.05, 3.63) is 0 Å². The number of nitrogens with zero attached hydrogens (tertiary/aromatic N) is 1. The Morgan fingerprint density at radius 2 is 1.82 bits per heavy atom. The standard InChI is InChI=1S/C9H15F3N2O3/c1-3-8(2,13)7(17)14(4-6(15)16)5-9(10,11)12/h3-5,13H2,1-2H3,(H,15,16). The van der Waals surface area contributed by atoms with Gasteiger partial charge in [-0.25, -0.2) is 0 Å². The quantitative estimate of drug-likeness (QED) is 0.754. The van der Waals surface area contributed by atoms with Gasteiger partial charge in [0.05, 0.1) is 5.54 Å². The summed E-state index contributed by atoms with van der Waals surface area (Å²) in [4.78, 5) is 22.3. The van der Waals surface area contributed by atoms with Crippen LogP contribution in [0.4, 0.5) is 13.2 Å². The molecule has 8 heteroatoms. The Morgan fingerprint density at radius 1 is 1.35 bits per heavy atom. The first-order chi connectivity index (χ1) is 7.49. The van der Waals surface area contributed by atoms with Crippen LogP contribution in [0.25, 0.3) is 0 Å². The number of carboxylic acid groups (broad SMARTS) is 1. The van der Waals surface area contributed by atoms with Crippen molar-refractivity contribution >= 4 is 11.9 Å². The summed E-state index contributed by atoms with van der Waals surface area (Å²) >= 11 is 0. The summed E-state index contributed by atoms with van der Waals surface area (Å²) in [5.41, 5.74) is 4.00. The molecule has 0 aliphatic heterocycles. The third kappa shape index (κ3) is 5.53. The first kappa shape index (κ1) is 15.7. The summed E-state index contributed by atoms with van der Waals surface area (Å²) < 4.78 is 36.5. The zero-order chi connectivity index (χ0) is 13.9. The van der Waals surface area contributed by atoms with Crippen molar-refractivity contribution in [3.8, 4) is 0 Å². The second-order valence-corrected chi connectivity index (χ2v) is 3.94. The van der Waals surface area contributed by atoms with Gasteiger partial charge in [0, 0.05) is 0 Å². The van der Waals surface area contributed by atoms with Crippen LogP contribution in [0, 0.1) is 0 Å². The molecule has 100 valence electrons. The molecule has 17 heavy (non-hydrogen) atoms. The molecule has 0 spiro atoms. The lowest BCUT2D eigenvalue weighted by Gasteiger charge is -2.30. The first-order valence-corrected chi connectivity index (χ1v) is 4.86. The Bertz CT molecular complexity index is 302. The van der Waals surface area contributed by atoms with Crippen molar-refractivity contribution < 1.29 is 27.9 Å². The van der Waals surface area contributed by atoms with E-state index < -0.39 is 36.7 Å². The minimum atomic E-state index is -4.66. The normalized spacial score (nSPS) is 15.2. The number of carboxylic acids is 1. The number of hydrogen-bond donors (Lipinski definition) is 2. The summed E-state index contributed by atoms with van der Waals surface area (Å²) in [6.45, 7) is 0.154. The van der Waals surface area contributed by atoms with Crippen LogP contribution in [0.5, 0.6) is 0 Å². The third-order valence-electron chi connectivity index (χ3n) is 2.21. The number of hydrogen-bond acceptors (Lipinski definition) is 3. The number of carbonyl (C=O) groups is 2. The van der Waals surface area contributed by atoms with Gasteiger partial charge in [-0.15, -0.1) is 0 Å². The fourth-order valence-electron chi connectivity index (χ4n) is 1.09. The van der Waals surface area contributed by atoms with Crippen LogP contribution in [0.1, 0.15) is 20.3 Å². The van der Waals surface area contributed by atoms with Crippen LogP contribution in [0.15, 0.2) is 0 Å². The second kappa shape index (κ2) is 5.35. The molecule has 0 aromatic rings. The van der Waals surface area contributed by atoms with Crippen LogP contribution in [0.2, 0.25) is 0 Å². The van der Waals surface area contributed by atoms with Gasteiger partial charge in [-0.3, -0.25) is 9.59 Å². The van der Waals surface area contributed by atoms with Crippen LogP contribution < -0.4 is 5.73 Å². The highest BCUT2D eigenvalue weighted by Crippen LogP contribution is 2.19. The minimum absolute atomic E-state index is 0.111. The minimum Gasteiger partial charge on any atom is -0.480 e. The first-order valence-electron chi connectivity index (χ1n) is 4.86. The smallest absolute Gasteiger partial charge is 0.406 e. The van der Waals surface area contributed by atoms with E-state index in [9.17, 15) is 22.8 Å². The Kier molecular flexibility index (Phi) is 4.94. The van der Waals surface area contributed by atoms with Gasteiger partial charge < -0.3 is 15.7 Å². The highest BCUT2D eigenvalue weighted by atomic mass is 19.4. The number of carbonyl (C=O) groups excluding carboxylic acids is 1. The molecule has 0 aromatic carbocycles. The maximum absolute atomic E-state index is 12.2. The molecule has 0 aromatic heterocycles. The van der Waals surface area contributed by atoms with Crippen molar-refractivity contribution in [1.29, 1.82) is 0 Å². The summed E-state index contributed by atoms with van der Waals surface area (Å²) in [5.74, 6) is -2.55. The molecule has 0 aliphatic carbocycles. The van der Waals surface area contributed by atoms with E-state index in [-0.39, 0.29) is 11.3 Å². The molecule has 0 saturated carbocycles. The topological polar surface area (TPSA) is 83.6 Å². The van der Waals surface area contributed by atoms with Crippen LogP contribution >= 0.6 is 0 Å². The van der Waals surface area contributed by atoms with Gasteiger partial charge in [0.2, 0.25) is 5.91 Å².